The molecule has 0 bridgehead atoms. The fraction of sp³-hybridized carbons (Fsp3) is 0.143. The van der Waals surface area contributed by atoms with E-state index >= 15 is 0 Å². The molecule has 0 fully saturated rings. The number of non-ortho nitro benzene ring substituents is 1. The minimum Gasteiger partial charge on any atom is -0.496 e. The van der Waals surface area contributed by atoms with Crippen LogP contribution in [0, 0.1) is 10.1 Å². The van der Waals surface area contributed by atoms with Gasteiger partial charge in [-0.25, -0.2) is 0 Å². The highest BCUT2D eigenvalue weighted by atomic mass is 32.2. The van der Waals surface area contributed by atoms with Crippen molar-refractivity contribution < 1.29 is 9.66 Å². The summed E-state index contributed by atoms with van der Waals surface area (Å²) in [6, 6.07) is 12.1. The quantitative estimate of drug-likeness (QED) is 0.395. The highest BCUT2D eigenvalue weighted by molar-refractivity contribution is 7.98. The van der Waals surface area contributed by atoms with Gasteiger partial charge in [-0.05, 0) is 30.3 Å². The summed E-state index contributed by atoms with van der Waals surface area (Å²) in [6.45, 7) is 0. The lowest BCUT2D eigenvalue weighted by molar-refractivity contribution is -0.384. The maximum Gasteiger partial charge on any atom is 0.270 e. The number of nitro benzene ring substituents is 1. The van der Waals surface area contributed by atoms with E-state index in [0.717, 1.165) is 10.5 Å². The van der Waals surface area contributed by atoms with Crippen LogP contribution in [-0.4, -0.2) is 12.0 Å². The minimum atomic E-state index is -0.406. The average molecular weight is 290 g/mol. The van der Waals surface area contributed by atoms with E-state index in [2.05, 4.69) is 0 Å². The first-order valence-electron chi connectivity index (χ1n) is 5.90. The van der Waals surface area contributed by atoms with Crippen molar-refractivity contribution in [1.82, 2.24) is 0 Å². The molecule has 20 heavy (non-hydrogen) atoms. The fourth-order valence-corrected chi connectivity index (χ4v) is 2.59. The van der Waals surface area contributed by atoms with Crippen molar-refractivity contribution in [1.29, 1.82) is 0 Å². The first kappa shape index (κ1) is 14.2. The normalized spacial score (nSPS) is 10.2. The van der Waals surface area contributed by atoms with E-state index in [-0.39, 0.29) is 5.69 Å². The summed E-state index contributed by atoms with van der Waals surface area (Å²) in [5, 5.41) is 10.8. The van der Waals surface area contributed by atoms with Crippen LogP contribution in [0.3, 0.4) is 0 Å². The van der Waals surface area contributed by atoms with Gasteiger partial charge < -0.3 is 10.5 Å². The second-order valence-corrected chi connectivity index (χ2v) is 5.16. The summed E-state index contributed by atoms with van der Waals surface area (Å²) < 4.78 is 5.23. The Labute approximate surface area is 120 Å². The zero-order valence-electron chi connectivity index (χ0n) is 10.9. The van der Waals surface area contributed by atoms with Gasteiger partial charge in [-0.2, -0.15) is 0 Å². The number of nitro groups is 1. The topological polar surface area (TPSA) is 78.4 Å². The molecule has 0 radical (unpaired) electrons. The molecule has 0 unspecified atom stereocenters. The van der Waals surface area contributed by atoms with Crippen molar-refractivity contribution in [2.24, 2.45) is 0 Å². The Kier molecular flexibility index (Phi) is 4.47. The van der Waals surface area contributed by atoms with Crippen LogP contribution in [0.25, 0.3) is 0 Å². The Morgan fingerprint density at radius 3 is 2.55 bits per heavy atom. The molecule has 0 saturated heterocycles. The maximum absolute atomic E-state index is 10.8. The number of ether oxygens (including phenoxy) is 1. The van der Waals surface area contributed by atoms with Crippen LogP contribution in [0.15, 0.2) is 47.4 Å². The lowest BCUT2D eigenvalue weighted by Gasteiger charge is -2.08. The summed E-state index contributed by atoms with van der Waals surface area (Å²) in [4.78, 5) is 11.5. The maximum atomic E-state index is 10.8. The molecule has 0 aliphatic rings. The van der Waals surface area contributed by atoms with Crippen molar-refractivity contribution in [2.75, 3.05) is 12.8 Å². The summed E-state index contributed by atoms with van der Waals surface area (Å²) in [6.07, 6.45) is 0. The average Bonchev–Trinajstić information content (AvgIpc) is 2.46. The highest BCUT2D eigenvalue weighted by Gasteiger charge is 2.11. The van der Waals surface area contributed by atoms with Gasteiger partial charge in [0, 0.05) is 34.0 Å². The van der Waals surface area contributed by atoms with Gasteiger partial charge in [0.2, 0.25) is 0 Å². The van der Waals surface area contributed by atoms with Crippen molar-refractivity contribution in [3.8, 4) is 5.75 Å². The van der Waals surface area contributed by atoms with Crippen LogP contribution < -0.4 is 10.5 Å². The summed E-state index contributed by atoms with van der Waals surface area (Å²) in [5.74, 6) is 1.24. The largest absolute Gasteiger partial charge is 0.496 e. The first-order chi connectivity index (χ1) is 9.60. The molecule has 2 rings (SSSR count). The van der Waals surface area contributed by atoms with E-state index in [1.807, 2.05) is 24.3 Å². The highest BCUT2D eigenvalue weighted by Crippen LogP contribution is 2.30. The van der Waals surface area contributed by atoms with Crippen LogP contribution in [0.1, 0.15) is 5.56 Å². The molecule has 0 amide bonds. The predicted octanol–water partition coefficient (Wildman–Crippen LogP) is 3.48. The van der Waals surface area contributed by atoms with Crippen LogP contribution in [-0.2, 0) is 5.75 Å². The molecule has 104 valence electrons. The van der Waals surface area contributed by atoms with Gasteiger partial charge in [-0.1, -0.05) is 0 Å². The van der Waals surface area contributed by atoms with Crippen molar-refractivity contribution >= 4 is 23.1 Å². The molecule has 2 aromatic rings. The Balaban J connectivity index is 2.16. The number of hydrogen-bond acceptors (Lipinski definition) is 5. The standard InChI is InChI=1S/C14H14N2O3S/c1-19-14-7-4-12(16(17)18)8-10(14)9-20-13-5-2-11(15)3-6-13/h2-8H,9,15H2,1H3. The van der Waals surface area contributed by atoms with Gasteiger partial charge >= 0.3 is 0 Å². The molecule has 0 atom stereocenters. The zero-order valence-corrected chi connectivity index (χ0v) is 11.7. The second-order valence-electron chi connectivity index (χ2n) is 4.11. The van der Waals surface area contributed by atoms with Crippen LogP contribution >= 0.6 is 11.8 Å². The Hall–Kier alpha value is -2.21. The molecule has 2 aromatic carbocycles. The molecule has 0 aliphatic heterocycles. The van der Waals surface area contributed by atoms with E-state index in [4.69, 9.17) is 10.5 Å². The van der Waals surface area contributed by atoms with Crippen LogP contribution in [0.5, 0.6) is 5.75 Å². The van der Waals surface area contributed by atoms with Crippen molar-refractivity contribution in [2.45, 2.75) is 10.6 Å². The Morgan fingerprint density at radius 1 is 1.25 bits per heavy atom. The lowest BCUT2D eigenvalue weighted by atomic mass is 10.2. The molecular weight excluding hydrogens is 276 g/mol. The number of nitrogens with two attached hydrogens (primary N) is 1. The Bertz CT molecular complexity index is 614. The zero-order chi connectivity index (χ0) is 14.5. The smallest absolute Gasteiger partial charge is 0.270 e. The van der Waals surface area contributed by atoms with E-state index in [0.29, 0.717) is 17.2 Å². The number of nitrogen functional groups attached to an aromatic ring is 1. The summed E-state index contributed by atoms with van der Waals surface area (Å²) >= 11 is 1.57. The van der Waals surface area contributed by atoms with Gasteiger partial charge in [-0.3, -0.25) is 10.1 Å². The van der Waals surface area contributed by atoms with E-state index in [1.54, 1.807) is 31.0 Å². The van der Waals surface area contributed by atoms with Crippen LogP contribution in [0.2, 0.25) is 0 Å². The third-order valence-corrected chi connectivity index (χ3v) is 3.81. The van der Waals surface area contributed by atoms with E-state index < -0.39 is 4.92 Å². The predicted molar refractivity (Wildman–Crippen MR) is 80.1 cm³/mol. The van der Waals surface area contributed by atoms with Crippen LogP contribution in [0.4, 0.5) is 11.4 Å². The summed E-state index contributed by atoms with van der Waals surface area (Å²) in [7, 11) is 1.55. The molecular formula is C14H14N2O3S. The summed E-state index contributed by atoms with van der Waals surface area (Å²) in [5.41, 5.74) is 7.20. The number of thioether (sulfide) groups is 1. The SMILES string of the molecule is COc1ccc([N+](=O)[O-])cc1CSc1ccc(N)cc1. The van der Waals surface area contributed by atoms with Crippen molar-refractivity contribution in [3.63, 3.8) is 0 Å². The molecule has 5 nitrogen and oxygen atoms in total. The number of rotatable bonds is 5. The third kappa shape index (κ3) is 3.42. The molecule has 0 spiro atoms. The fourth-order valence-electron chi connectivity index (χ4n) is 1.72. The van der Waals surface area contributed by atoms with Gasteiger partial charge in [0.05, 0.1) is 12.0 Å². The minimum absolute atomic E-state index is 0.0682. The van der Waals surface area contributed by atoms with Gasteiger partial charge in [0.25, 0.3) is 5.69 Å². The molecule has 0 heterocycles. The molecule has 6 heteroatoms. The molecule has 0 aromatic heterocycles. The number of methoxy groups -OCH3 is 1. The monoisotopic (exact) mass is 290 g/mol. The molecule has 2 N–H and O–H groups in total. The first-order valence-corrected chi connectivity index (χ1v) is 6.88. The number of nitrogens with zero attached hydrogens (tertiary/aromatic N) is 1. The van der Waals surface area contributed by atoms with Crippen molar-refractivity contribution in [3.05, 3.63) is 58.1 Å². The molecule has 0 saturated carbocycles. The third-order valence-electron chi connectivity index (χ3n) is 2.75. The van der Waals surface area contributed by atoms with Gasteiger partial charge in [0.15, 0.2) is 0 Å². The molecule has 0 aliphatic carbocycles. The number of hydrogen-bond donors (Lipinski definition) is 1. The number of anilines is 1. The second kappa shape index (κ2) is 6.29. The van der Waals surface area contributed by atoms with E-state index in [1.165, 1.54) is 6.07 Å². The van der Waals surface area contributed by atoms with Gasteiger partial charge in [0.1, 0.15) is 5.75 Å². The lowest BCUT2D eigenvalue weighted by Crippen LogP contribution is -1.94. The number of benzene rings is 2. The Morgan fingerprint density at radius 2 is 1.95 bits per heavy atom. The van der Waals surface area contributed by atoms with Gasteiger partial charge in [-0.15, -0.1) is 11.8 Å². The van der Waals surface area contributed by atoms with E-state index in [9.17, 15) is 10.1 Å².